The lowest BCUT2D eigenvalue weighted by Crippen LogP contribution is -2.23. The van der Waals surface area contributed by atoms with Crippen molar-refractivity contribution in [2.75, 3.05) is 18.5 Å². The lowest BCUT2D eigenvalue weighted by atomic mass is 10.0. The minimum Gasteiger partial charge on any atom is -0.462 e. The molecule has 1 aromatic heterocycles. The molecule has 1 heterocycles. The highest BCUT2D eigenvalue weighted by Crippen LogP contribution is 2.40. The quantitative estimate of drug-likeness (QED) is 0.723. The van der Waals surface area contributed by atoms with E-state index in [-0.39, 0.29) is 12.5 Å². The lowest BCUT2D eigenvalue weighted by molar-refractivity contribution is -0.150. The maximum absolute atomic E-state index is 12.6. The van der Waals surface area contributed by atoms with Crippen molar-refractivity contribution in [1.82, 2.24) is 0 Å². The Balaban J connectivity index is 2.32. The fourth-order valence-corrected chi connectivity index (χ4v) is 3.53. The van der Waals surface area contributed by atoms with Crippen LogP contribution in [-0.4, -0.2) is 31.1 Å². The Labute approximate surface area is 162 Å². The molecule has 0 fully saturated rings. The number of thiophene rings is 1. The molecule has 1 N–H and O–H groups in total. The Kier molecular flexibility index (Phi) is 7.12. The Morgan fingerprint density at radius 3 is 2.37 bits per heavy atom. The molecule has 2 aromatic rings. The summed E-state index contributed by atoms with van der Waals surface area (Å²) in [5, 5.41) is 3.06. The largest absolute Gasteiger partial charge is 0.462 e. The molecule has 1 amide bonds. The van der Waals surface area contributed by atoms with Crippen molar-refractivity contribution in [2.24, 2.45) is 5.92 Å². The molecule has 0 spiro atoms. The zero-order valence-electron chi connectivity index (χ0n) is 15.8. The van der Waals surface area contributed by atoms with Gasteiger partial charge in [0.05, 0.1) is 12.5 Å². The minimum absolute atomic E-state index is 0.224. The number of aryl methyl sites for hydroxylation is 1. The van der Waals surface area contributed by atoms with E-state index < -0.39 is 24.5 Å². The van der Waals surface area contributed by atoms with Crippen LogP contribution in [-0.2, 0) is 19.1 Å². The molecule has 2 rings (SSSR count). The highest BCUT2D eigenvalue weighted by atomic mass is 32.1. The molecule has 0 unspecified atom stereocenters. The average Bonchev–Trinajstić information content (AvgIpc) is 2.96. The van der Waals surface area contributed by atoms with Crippen LogP contribution >= 0.6 is 11.3 Å². The van der Waals surface area contributed by atoms with Crippen molar-refractivity contribution in [1.29, 1.82) is 0 Å². The van der Waals surface area contributed by atoms with Crippen LogP contribution in [0, 0.1) is 12.8 Å². The summed E-state index contributed by atoms with van der Waals surface area (Å²) in [6.45, 7) is 6.80. The van der Waals surface area contributed by atoms with Crippen molar-refractivity contribution in [3.8, 4) is 11.1 Å². The van der Waals surface area contributed by atoms with E-state index >= 15 is 0 Å². The van der Waals surface area contributed by atoms with Gasteiger partial charge in [-0.25, -0.2) is 4.79 Å². The van der Waals surface area contributed by atoms with Crippen LogP contribution in [0.3, 0.4) is 0 Å². The number of nitrogens with one attached hydrogen (secondary N) is 1. The summed E-state index contributed by atoms with van der Waals surface area (Å²) in [5.74, 6) is -1.78. The number of hydrogen-bond acceptors (Lipinski definition) is 6. The van der Waals surface area contributed by atoms with Gasteiger partial charge < -0.3 is 14.8 Å². The molecular formula is C20H23NO5S. The van der Waals surface area contributed by atoms with Crippen molar-refractivity contribution in [2.45, 2.75) is 27.7 Å². The molecule has 6 nitrogen and oxygen atoms in total. The topological polar surface area (TPSA) is 81.7 Å². The molecule has 7 heteroatoms. The minimum atomic E-state index is -0.504. The van der Waals surface area contributed by atoms with Gasteiger partial charge in [-0.2, -0.15) is 0 Å². The second kappa shape index (κ2) is 9.32. The number of anilines is 1. The van der Waals surface area contributed by atoms with E-state index in [0.29, 0.717) is 10.6 Å². The van der Waals surface area contributed by atoms with Crippen LogP contribution in [0.15, 0.2) is 30.3 Å². The second-order valence-electron chi connectivity index (χ2n) is 6.13. The van der Waals surface area contributed by atoms with E-state index in [9.17, 15) is 14.4 Å². The highest BCUT2D eigenvalue weighted by molar-refractivity contribution is 7.17. The Bertz CT molecular complexity index is 826. The Morgan fingerprint density at radius 1 is 1.11 bits per heavy atom. The number of ether oxygens (including phenoxy) is 2. The zero-order valence-corrected chi connectivity index (χ0v) is 16.6. The summed E-state index contributed by atoms with van der Waals surface area (Å²) < 4.78 is 10.1. The summed E-state index contributed by atoms with van der Waals surface area (Å²) in [4.78, 5) is 37.2. The molecule has 0 aliphatic heterocycles. The van der Waals surface area contributed by atoms with Gasteiger partial charge in [0.1, 0.15) is 10.6 Å². The first-order valence-electron chi connectivity index (χ1n) is 8.67. The molecular weight excluding hydrogens is 366 g/mol. The molecule has 0 aliphatic carbocycles. The fraction of sp³-hybridized carbons (Fsp3) is 0.350. The molecule has 144 valence electrons. The van der Waals surface area contributed by atoms with E-state index in [4.69, 9.17) is 9.47 Å². The molecule has 0 bridgehead atoms. The zero-order chi connectivity index (χ0) is 20.0. The summed E-state index contributed by atoms with van der Waals surface area (Å²) in [5.41, 5.74) is 1.91. The fourth-order valence-electron chi connectivity index (χ4n) is 2.45. The van der Waals surface area contributed by atoms with Crippen molar-refractivity contribution < 1.29 is 23.9 Å². The number of carbonyl (C=O) groups excluding carboxylic acids is 3. The summed E-state index contributed by atoms with van der Waals surface area (Å²) in [6, 6.07) is 9.44. The van der Waals surface area contributed by atoms with E-state index in [1.165, 1.54) is 11.3 Å². The molecule has 0 saturated heterocycles. The van der Waals surface area contributed by atoms with Crippen LogP contribution in [0.2, 0.25) is 0 Å². The summed E-state index contributed by atoms with van der Waals surface area (Å²) in [7, 11) is 0. The lowest BCUT2D eigenvalue weighted by Gasteiger charge is -2.10. The Hall–Kier alpha value is -2.67. The van der Waals surface area contributed by atoms with Crippen LogP contribution in [0.25, 0.3) is 11.1 Å². The molecule has 1 aromatic carbocycles. The van der Waals surface area contributed by atoms with Crippen molar-refractivity contribution in [3.63, 3.8) is 0 Å². The maximum atomic E-state index is 12.6. The number of carbonyl (C=O) groups is 3. The first kappa shape index (κ1) is 20.6. The predicted molar refractivity (Wildman–Crippen MR) is 105 cm³/mol. The van der Waals surface area contributed by atoms with Crippen LogP contribution in [0.4, 0.5) is 5.00 Å². The van der Waals surface area contributed by atoms with E-state index in [1.807, 2.05) is 37.3 Å². The van der Waals surface area contributed by atoms with Gasteiger partial charge >= 0.3 is 11.9 Å². The van der Waals surface area contributed by atoms with Gasteiger partial charge in [0.2, 0.25) is 0 Å². The third kappa shape index (κ3) is 5.17. The third-order valence-electron chi connectivity index (χ3n) is 3.70. The van der Waals surface area contributed by atoms with Gasteiger partial charge in [-0.05, 0) is 19.4 Å². The predicted octanol–water partition coefficient (Wildman–Crippen LogP) is 4.04. The van der Waals surface area contributed by atoms with Crippen molar-refractivity contribution >= 4 is 34.2 Å². The first-order valence-corrected chi connectivity index (χ1v) is 9.49. The van der Waals surface area contributed by atoms with Crippen LogP contribution in [0.1, 0.15) is 36.0 Å². The van der Waals surface area contributed by atoms with Gasteiger partial charge in [0.25, 0.3) is 5.91 Å². The van der Waals surface area contributed by atoms with Crippen LogP contribution < -0.4 is 5.32 Å². The van der Waals surface area contributed by atoms with E-state index in [0.717, 1.165) is 16.0 Å². The van der Waals surface area contributed by atoms with Crippen LogP contribution in [0.5, 0.6) is 0 Å². The number of rotatable bonds is 7. The summed E-state index contributed by atoms with van der Waals surface area (Å²) in [6.07, 6.45) is 0. The number of benzene rings is 1. The molecule has 0 atom stereocenters. The van der Waals surface area contributed by atoms with Gasteiger partial charge in [0, 0.05) is 10.4 Å². The first-order chi connectivity index (χ1) is 12.8. The van der Waals surface area contributed by atoms with E-state index in [1.54, 1.807) is 20.8 Å². The monoisotopic (exact) mass is 389 g/mol. The SMILES string of the molecule is CCOC(=O)c1c(NC(=O)COC(=O)C(C)C)sc(C)c1-c1ccccc1. The number of amides is 1. The highest BCUT2D eigenvalue weighted by Gasteiger charge is 2.25. The third-order valence-corrected chi connectivity index (χ3v) is 4.72. The maximum Gasteiger partial charge on any atom is 0.341 e. The molecule has 0 aliphatic rings. The molecule has 0 saturated carbocycles. The smallest absolute Gasteiger partial charge is 0.341 e. The molecule has 27 heavy (non-hydrogen) atoms. The van der Waals surface area contributed by atoms with Gasteiger partial charge in [-0.1, -0.05) is 44.2 Å². The number of hydrogen-bond donors (Lipinski definition) is 1. The van der Waals surface area contributed by atoms with Gasteiger partial charge in [-0.3, -0.25) is 9.59 Å². The normalized spacial score (nSPS) is 10.6. The number of esters is 2. The van der Waals surface area contributed by atoms with Gasteiger partial charge in [0.15, 0.2) is 6.61 Å². The summed E-state index contributed by atoms with van der Waals surface area (Å²) >= 11 is 1.29. The Morgan fingerprint density at radius 2 is 1.78 bits per heavy atom. The standard InChI is InChI=1S/C20H23NO5S/c1-5-25-20(24)17-16(14-9-7-6-8-10-14)13(4)27-18(17)21-15(22)11-26-19(23)12(2)3/h6-10,12H,5,11H2,1-4H3,(H,21,22). The van der Waals surface area contributed by atoms with Gasteiger partial charge in [-0.15, -0.1) is 11.3 Å². The second-order valence-corrected chi connectivity index (χ2v) is 7.36. The molecule has 0 radical (unpaired) electrons. The van der Waals surface area contributed by atoms with E-state index in [2.05, 4.69) is 5.32 Å². The average molecular weight is 389 g/mol. The van der Waals surface area contributed by atoms with Crippen molar-refractivity contribution in [3.05, 3.63) is 40.8 Å².